The molecule has 15 heavy (non-hydrogen) atoms. The molecule has 1 aliphatic rings. The zero-order chi connectivity index (χ0) is 11.0. The van der Waals surface area contributed by atoms with E-state index in [9.17, 15) is 14.4 Å². The molecule has 0 bridgehead atoms. The third-order valence-corrected chi connectivity index (χ3v) is 2.43. The number of nitrogens with zero attached hydrogens (tertiary/aromatic N) is 1. The van der Waals surface area contributed by atoms with Gasteiger partial charge in [-0.25, -0.2) is 9.69 Å². The van der Waals surface area contributed by atoms with Crippen LogP contribution >= 0.6 is 15.9 Å². The van der Waals surface area contributed by atoms with Gasteiger partial charge in [0.2, 0.25) is 0 Å². The highest BCUT2D eigenvalue weighted by Crippen LogP contribution is 2.20. The van der Waals surface area contributed by atoms with Gasteiger partial charge in [0.25, 0.3) is 0 Å². The first-order chi connectivity index (χ1) is 7.09. The number of hydrogen-bond acceptors (Lipinski definition) is 3. The highest BCUT2D eigenvalue weighted by molar-refractivity contribution is 9.10. The Bertz CT molecular complexity index is 455. The summed E-state index contributed by atoms with van der Waals surface area (Å²) in [6.45, 7) is 0. The Morgan fingerprint density at radius 2 is 1.67 bits per heavy atom. The third kappa shape index (κ3) is 1.63. The standard InChI is InChI=1S/C9H5BrN2O3/c10-5-1-3-6(4-2-5)12-8(14)7(13)11-9(12)15/h1-4H,(H,11,13,15). The largest absolute Gasteiger partial charge is 0.336 e. The normalized spacial score (nSPS) is 15.8. The lowest BCUT2D eigenvalue weighted by molar-refractivity contribution is -0.134. The van der Waals surface area contributed by atoms with E-state index in [2.05, 4.69) is 15.9 Å². The number of hydrogen-bond donors (Lipinski definition) is 1. The molecule has 0 radical (unpaired) electrons. The maximum Gasteiger partial charge on any atom is 0.336 e. The van der Waals surface area contributed by atoms with Gasteiger partial charge in [-0.15, -0.1) is 0 Å². The van der Waals surface area contributed by atoms with Crippen LogP contribution in [0.25, 0.3) is 0 Å². The van der Waals surface area contributed by atoms with Crippen molar-refractivity contribution in [3.05, 3.63) is 28.7 Å². The van der Waals surface area contributed by atoms with Gasteiger partial charge in [0, 0.05) is 4.47 Å². The summed E-state index contributed by atoms with van der Waals surface area (Å²) < 4.78 is 0.824. The van der Waals surface area contributed by atoms with Crippen molar-refractivity contribution in [3.63, 3.8) is 0 Å². The summed E-state index contributed by atoms with van der Waals surface area (Å²) in [7, 11) is 0. The second-order valence-electron chi connectivity index (χ2n) is 2.88. The van der Waals surface area contributed by atoms with Crippen LogP contribution in [0.3, 0.4) is 0 Å². The molecule has 1 aliphatic heterocycles. The fourth-order valence-corrected chi connectivity index (χ4v) is 1.49. The third-order valence-electron chi connectivity index (χ3n) is 1.91. The number of rotatable bonds is 1. The quantitative estimate of drug-likeness (QED) is 0.611. The van der Waals surface area contributed by atoms with Gasteiger partial charge in [-0.2, -0.15) is 0 Å². The molecular weight excluding hydrogens is 264 g/mol. The Hall–Kier alpha value is -1.69. The molecule has 4 amide bonds. The summed E-state index contributed by atoms with van der Waals surface area (Å²) in [6.07, 6.45) is 0. The van der Waals surface area contributed by atoms with Crippen molar-refractivity contribution in [1.29, 1.82) is 0 Å². The van der Waals surface area contributed by atoms with E-state index in [0.29, 0.717) is 5.69 Å². The van der Waals surface area contributed by atoms with Crippen LogP contribution in [0.5, 0.6) is 0 Å². The molecule has 2 rings (SSSR count). The summed E-state index contributed by atoms with van der Waals surface area (Å²) in [4.78, 5) is 34.2. The number of anilines is 1. The summed E-state index contributed by atoms with van der Waals surface area (Å²) in [5.41, 5.74) is 0.367. The average molecular weight is 269 g/mol. The second kappa shape index (κ2) is 3.47. The van der Waals surface area contributed by atoms with Gasteiger partial charge in [0.1, 0.15) is 0 Å². The van der Waals surface area contributed by atoms with Crippen LogP contribution in [0.1, 0.15) is 0 Å². The summed E-state index contributed by atoms with van der Waals surface area (Å²) in [5, 5.41) is 1.92. The van der Waals surface area contributed by atoms with Crippen molar-refractivity contribution in [3.8, 4) is 0 Å². The maximum atomic E-state index is 11.3. The lowest BCUT2D eigenvalue weighted by atomic mass is 10.3. The number of carbonyl (C=O) groups excluding carboxylic acids is 3. The van der Waals surface area contributed by atoms with E-state index in [-0.39, 0.29) is 0 Å². The molecule has 1 heterocycles. The SMILES string of the molecule is O=C1NC(=O)N(c2ccc(Br)cc2)C1=O. The van der Waals surface area contributed by atoms with Gasteiger partial charge in [0.15, 0.2) is 0 Å². The zero-order valence-electron chi connectivity index (χ0n) is 7.36. The smallest absolute Gasteiger partial charge is 0.269 e. The minimum atomic E-state index is -0.900. The van der Waals surface area contributed by atoms with E-state index in [4.69, 9.17) is 0 Å². The average Bonchev–Trinajstić information content (AvgIpc) is 2.44. The number of nitrogens with one attached hydrogen (secondary N) is 1. The van der Waals surface area contributed by atoms with Crippen molar-refractivity contribution in [2.24, 2.45) is 0 Å². The number of imide groups is 2. The number of carbonyl (C=O) groups is 3. The van der Waals surface area contributed by atoms with Gasteiger partial charge in [-0.05, 0) is 24.3 Å². The van der Waals surface area contributed by atoms with Crippen molar-refractivity contribution >= 4 is 39.5 Å². The van der Waals surface area contributed by atoms with Gasteiger partial charge >= 0.3 is 17.8 Å². The van der Waals surface area contributed by atoms with Crippen LogP contribution in [-0.2, 0) is 9.59 Å². The molecule has 1 N–H and O–H groups in total. The van der Waals surface area contributed by atoms with E-state index in [0.717, 1.165) is 9.37 Å². The molecule has 1 aromatic rings. The number of amides is 4. The van der Waals surface area contributed by atoms with Crippen molar-refractivity contribution in [2.45, 2.75) is 0 Å². The first kappa shape index (κ1) is 9.85. The highest BCUT2D eigenvalue weighted by Gasteiger charge is 2.37. The number of urea groups is 1. The molecule has 1 aromatic carbocycles. The fourth-order valence-electron chi connectivity index (χ4n) is 1.22. The summed E-state index contributed by atoms with van der Waals surface area (Å²) in [6, 6.07) is 5.78. The number of benzene rings is 1. The first-order valence-corrected chi connectivity index (χ1v) is 4.84. The van der Waals surface area contributed by atoms with Crippen LogP contribution < -0.4 is 10.2 Å². The molecule has 0 saturated carbocycles. The molecule has 0 aliphatic carbocycles. The Kier molecular flexibility index (Phi) is 2.28. The van der Waals surface area contributed by atoms with Crippen molar-refractivity contribution in [2.75, 3.05) is 4.90 Å². The Labute approximate surface area is 93.2 Å². The zero-order valence-corrected chi connectivity index (χ0v) is 8.95. The molecule has 0 aromatic heterocycles. The highest BCUT2D eigenvalue weighted by atomic mass is 79.9. The van der Waals surface area contributed by atoms with E-state index in [1.165, 1.54) is 0 Å². The fraction of sp³-hybridized carbons (Fsp3) is 0. The predicted octanol–water partition coefficient (Wildman–Crippen LogP) is 1.03. The van der Waals surface area contributed by atoms with Gasteiger partial charge in [-0.1, -0.05) is 15.9 Å². The Morgan fingerprint density at radius 3 is 2.13 bits per heavy atom. The lowest BCUT2D eigenvalue weighted by Crippen LogP contribution is -2.30. The van der Waals surface area contributed by atoms with Crippen LogP contribution in [0.15, 0.2) is 28.7 Å². The van der Waals surface area contributed by atoms with E-state index in [1.807, 2.05) is 5.32 Å². The van der Waals surface area contributed by atoms with Gasteiger partial charge in [-0.3, -0.25) is 14.9 Å². The molecule has 76 valence electrons. The van der Waals surface area contributed by atoms with E-state index < -0.39 is 17.8 Å². The second-order valence-corrected chi connectivity index (χ2v) is 3.79. The van der Waals surface area contributed by atoms with E-state index in [1.54, 1.807) is 24.3 Å². The molecule has 0 atom stereocenters. The lowest BCUT2D eigenvalue weighted by Gasteiger charge is -2.10. The monoisotopic (exact) mass is 268 g/mol. The van der Waals surface area contributed by atoms with Gasteiger partial charge in [0.05, 0.1) is 5.69 Å². The number of halogens is 1. The topological polar surface area (TPSA) is 66.5 Å². The van der Waals surface area contributed by atoms with Crippen LogP contribution in [-0.4, -0.2) is 17.8 Å². The summed E-state index contributed by atoms with van der Waals surface area (Å²) >= 11 is 3.23. The molecule has 5 nitrogen and oxygen atoms in total. The minimum Gasteiger partial charge on any atom is -0.269 e. The van der Waals surface area contributed by atoms with E-state index >= 15 is 0 Å². The van der Waals surface area contributed by atoms with Gasteiger partial charge < -0.3 is 0 Å². The Balaban J connectivity index is 2.39. The molecular formula is C9H5BrN2O3. The van der Waals surface area contributed by atoms with Crippen LogP contribution in [0.4, 0.5) is 10.5 Å². The summed E-state index contributed by atoms with van der Waals surface area (Å²) in [5.74, 6) is -1.76. The Morgan fingerprint density at radius 1 is 1.07 bits per heavy atom. The maximum absolute atomic E-state index is 11.3. The van der Waals surface area contributed by atoms with Crippen LogP contribution in [0, 0.1) is 0 Å². The molecule has 6 heteroatoms. The molecule has 1 fully saturated rings. The molecule has 0 unspecified atom stereocenters. The van der Waals surface area contributed by atoms with Crippen molar-refractivity contribution < 1.29 is 14.4 Å². The minimum absolute atomic E-state index is 0.367. The molecule has 0 spiro atoms. The van der Waals surface area contributed by atoms with Crippen molar-refractivity contribution in [1.82, 2.24) is 5.32 Å². The first-order valence-electron chi connectivity index (χ1n) is 4.04. The van der Waals surface area contributed by atoms with Crippen LogP contribution in [0.2, 0.25) is 0 Å². The predicted molar refractivity (Wildman–Crippen MR) is 55.2 cm³/mol. The molecule has 1 saturated heterocycles.